The second kappa shape index (κ2) is 5.31. The van der Waals surface area contributed by atoms with Crippen LogP contribution in [0.4, 0.5) is 0 Å². The highest BCUT2D eigenvalue weighted by molar-refractivity contribution is 7.15. The molecule has 0 saturated carbocycles. The lowest BCUT2D eigenvalue weighted by Crippen LogP contribution is -2.15. The average Bonchev–Trinajstić information content (AvgIpc) is 2.83. The van der Waals surface area contributed by atoms with Crippen LogP contribution < -0.4 is 10.5 Å². The summed E-state index contributed by atoms with van der Waals surface area (Å²) >= 11 is 1.68. The minimum Gasteiger partial charge on any atom is -0.497 e. The zero-order chi connectivity index (χ0) is 14.0. The third-order valence-corrected chi connectivity index (χ3v) is 4.06. The van der Waals surface area contributed by atoms with Gasteiger partial charge < -0.3 is 10.5 Å². The van der Waals surface area contributed by atoms with Crippen LogP contribution in [0.15, 0.2) is 24.3 Å². The van der Waals surface area contributed by atoms with Crippen molar-refractivity contribution >= 4 is 11.3 Å². The van der Waals surface area contributed by atoms with Crippen LogP contribution >= 0.6 is 11.3 Å². The van der Waals surface area contributed by atoms with E-state index >= 15 is 0 Å². The highest BCUT2D eigenvalue weighted by Crippen LogP contribution is 2.34. The lowest BCUT2D eigenvalue weighted by molar-refractivity contribution is 0.415. The number of nitrogens with two attached hydrogens (primary N) is 1. The molecule has 1 heterocycles. The van der Waals surface area contributed by atoms with Crippen molar-refractivity contribution < 1.29 is 4.74 Å². The van der Waals surface area contributed by atoms with E-state index in [-0.39, 0.29) is 5.41 Å². The molecular weight excluding hydrogens is 256 g/mol. The Bertz CT molecular complexity index is 553. The van der Waals surface area contributed by atoms with E-state index in [4.69, 9.17) is 15.5 Å². The Morgan fingerprint density at radius 2 is 1.84 bits per heavy atom. The van der Waals surface area contributed by atoms with Gasteiger partial charge in [0, 0.05) is 22.4 Å². The highest BCUT2D eigenvalue weighted by Gasteiger charge is 2.22. The Labute approximate surface area is 118 Å². The standard InChI is InChI=1S/C15H20N2OS/c1-15(2,3)13-12(9-16)19-14(17-13)10-5-7-11(18-4)8-6-10/h5-8H,9,16H2,1-4H3. The Balaban J connectivity index is 2.42. The topological polar surface area (TPSA) is 48.1 Å². The number of aromatic nitrogens is 1. The minimum absolute atomic E-state index is 0.0237. The summed E-state index contributed by atoms with van der Waals surface area (Å²) in [6.07, 6.45) is 0. The highest BCUT2D eigenvalue weighted by atomic mass is 32.1. The molecule has 0 aliphatic heterocycles. The number of hydrogen-bond donors (Lipinski definition) is 1. The molecule has 2 aromatic rings. The minimum atomic E-state index is 0.0237. The van der Waals surface area contributed by atoms with E-state index in [1.54, 1.807) is 18.4 Å². The van der Waals surface area contributed by atoms with Crippen molar-refractivity contribution in [2.24, 2.45) is 5.73 Å². The molecule has 1 aromatic heterocycles. The van der Waals surface area contributed by atoms with E-state index in [1.807, 2.05) is 24.3 Å². The van der Waals surface area contributed by atoms with Gasteiger partial charge in [-0.15, -0.1) is 11.3 Å². The van der Waals surface area contributed by atoms with Crippen LogP contribution in [-0.4, -0.2) is 12.1 Å². The van der Waals surface area contributed by atoms with Crippen molar-refractivity contribution in [3.8, 4) is 16.3 Å². The van der Waals surface area contributed by atoms with Crippen LogP contribution in [0.25, 0.3) is 10.6 Å². The zero-order valence-electron chi connectivity index (χ0n) is 11.9. The molecule has 0 bridgehead atoms. The van der Waals surface area contributed by atoms with Gasteiger partial charge in [0.05, 0.1) is 12.8 Å². The number of ether oxygens (including phenoxy) is 1. The molecule has 0 aliphatic rings. The fraction of sp³-hybridized carbons (Fsp3) is 0.400. The van der Waals surface area contributed by atoms with Gasteiger partial charge in [0.1, 0.15) is 10.8 Å². The molecule has 2 N–H and O–H groups in total. The van der Waals surface area contributed by atoms with Gasteiger partial charge in [-0.1, -0.05) is 20.8 Å². The van der Waals surface area contributed by atoms with Crippen molar-refractivity contribution in [2.75, 3.05) is 7.11 Å². The van der Waals surface area contributed by atoms with E-state index in [0.29, 0.717) is 6.54 Å². The lowest BCUT2D eigenvalue weighted by Gasteiger charge is -2.16. The molecule has 4 heteroatoms. The Hall–Kier alpha value is -1.39. The van der Waals surface area contributed by atoms with Gasteiger partial charge in [-0.25, -0.2) is 4.98 Å². The van der Waals surface area contributed by atoms with E-state index in [1.165, 1.54) is 4.88 Å². The summed E-state index contributed by atoms with van der Waals surface area (Å²) in [4.78, 5) is 5.94. The van der Waals surface area contributed by atoms with Gasteiger partial charge >= 0.3 is 0 Å². The molecule has 0 unspecified atom stereocenters. The van der Waals surface area contributed by atoms with Crippen LogP contribution in [0.3, 0.4) is 0 Å². The molecule has 102 valence electrons. The van der Waals surface area contributed by atoms with Gasteiger partial charge in [0.25, 0.3) is 0 Å². The first-order valence-corrected chi connectivity index (χ1v) is 7.12. The largest absolute Gasteiger partial charge is 0.497 e. The molecule has 19 heavy (non-hydrogen) atoms. The summed E-state index contributed by atoms with van der Waals surface area (Å²) in [6, 6.07) is 7.97. The number of nitrogens with zero attached hydrogens (tertiary/aromatic N) is 1. The Morgan fingerprint density at radius 3 is 2.26 bits per heavy atom. The maximum absolute atomic E-state index is 5.83. The molecule has 0 fully saturated rings. The van der Waals surface area contributed by atoms with Crippen LogP contribution in [0.2, 0.25) is 0 Å². The summed E-state index contributed by atoms with van der Waals surface area (Å²) in [6.45, 7) is 7.04. The predicted octanol–water partition coefficient (Wildman–Crippen LogP) is 3.57. The third-order valence-electron chi connectivity index (χ3n) is 2.93. The number of thiazole rings is 1. The molecule has 2 rings (SSSR count). The maximum Gasteiger partial charge on any atom is 0.123 e. The van der Waals surface area contributed by atoms with Crippen LogP contribution in [0, 0.1) is 0 Å². The van der Waals surface area contributed by atoms with Gasteiger partial charge in [-0.05, 0) is 24.3 Å². The van der Waals surface area contributed by atoms with Gasteiger partial charge in [0.15, 0.2) is 0 Å². The van der Waals surface area contributed by atoms with Gasteiger partial charge in [-0.2, -0.15) is 0 Å². The second-order valence-corrected chi connectivity index (χ2v) is 6.56. The molecule has 1 aromatic carbocycles. The maximum atomic E-state index is 5.83. The normalized spacial score (nSPS) is 11.6. The van der Waals surface area contributed by atoms with Crippen molar-refractivity contribution in [1.82, 2.24) is 4.98 Å². The second-order valence-electron chi connectivity index (χ2n) is 5.47. The lowest BCUT2D eigenvalue weighted by atomic mass is 9.91. The average molecular weight is 276 g/mol. The SMILES string of the molecule is COc1ccc(-c2nc(C(C)(C)C)c(CN)s2)cc1. The molecule has 0 atom stereocenters. The molecular formula is C15H20N2OS. The third kappa shape index (κ3) is 2.96. The smallest absolute Gasteiger partial charge is 0.123 e. The fourth-order valence-electron chi connectivity index (χ4n) is 1.93. The first kappa shape index (κ1) is 14.0. The zero-order valence-corrected chi connectivity index (χ0v) is 12.7. The van der Waals surface area contributed by atoms with E-state index in [2.05, 4.69) is 20.8 Å². The number of methoxy groups -OCH3 is 1. The predicted molar refractivity (Wildman–Crippen MR) is 80.7 cm³/mol. The van der Waals surface area contributed by atoms with Crippen molar-refractivity contribution in [3.05, 3.63) is 34.8 Å². The number of rotatable bonds is 3. The monoisotopic (exact) mass is 276 g/mol. The molecule has 0 radical (unpaired) electrons. The summed E-state index contributed by atoms with van der Waals surface area (Å²) in [7, 11) is 1.67. The number of hydrogen-bond acceptors (Lipinski definition) is 4. The fourth-order valence-corrected chi connectivity index (χ4v) is 3.09. The first-order valence-electron chi connectivity index (χ1n) is 6.30. The Kier molecular flexibility index (Phi) is 3.92. The number of benzene rings is 1. The summed E-state index contributed by atoms with van der Waals surface area (Å²) in [5.74, 6) is 0.857. The van der Waals surface area contributed by atoms with E-state index < -0.39 is 0 Å². The summed E-state index contributed by atoms with van der Waals surface area (Å²) in [5.41, 5.74) is 8.07. The van der Waals surface area contributed by atoms with Crippen LogP contribution in [-0.2, 0) is 12.0 Å². The molecule has 0 aliphatic carbocycles. The molecule has 0 saturated heterocycles. The first-order chi connectivity index (χ1) is 8.95. The van der Waals surface area contributed by atoms with Crippen molar-refractivity contribution in [1.29, 1.82) is 0 Å². The van der Waals surface area contributed by atoms with Crippen LogP contribution in [0.1, 0.15) is 31.3 Å². The van der Waals surface area contributed by atoms with Gasteiger partial charge in [-0.3, -0.25) is 0 Å². The van der Waals surface area contributed by atoms with Crippen molar-refractivity contribution in [2.45, 2.75) is 32.7 Å². The van der Waals surface area contributed by atoms with Crippen LogP contribution in [0.5, 0.6) is 5.75 Å². The summed E-state index contributed by atoms with van der Waals surface area (Å²) < 4.78 is 5.17. The van der Waals surface area contributed by atoms with E-state index in [0.717, 1.165) is 22.0 Å². The molecule has 0 amide bonds. The Morgan fingerprint density at radius 1 is 1.21 bits per heavy atom. The summed E-state index contributed by atoms with van der Waals surface area (Å²) in [5, 5.41) is 1.02. The van der Waals surface area contributed by atoms with Crippen molar-refractivity contribution in [3.63, 3.8) is 0 Å². The molecule has 3 nitrogen and oxygen atoms in total. The van der Waals surface area contributed by atoms with E-state index in [9.17, 15) is 0 Å². The quantitative estimate of drug-likeness (QED) is 0.932. The van der Waals surface area contributed by atoms with Gasteiger partial charge in [0.2, 0.25) is 0 Å². The molecule has 0 spiro atoms.